The zero-order valence-electron chi connectivity index (χ0n) is 6.41. The number of carbonyl (C=O) groups excluding carboxylic acids is 1. The zero-order valence-corrected chi connectivity index (χ0v) is 7.23. The van der Waals surface area contributed by atoms with Crippen LogP contribution in [0.1, 0.15) is 16.1 Å². The van der Waals surface area contributed by atoms with E-state index in [1.165, 1.54) is 11.3 Å². The predicted octanol–water partition coefficient (Wildman–Crippen LogP) is 1.72. The SMILES string of the molecule is O=Cc1scc2c1OCCCO2. The molecule has 0 saturated carbocycles. The van der Waals surface area contributed by atoms with Gasteiger partial charge in [-0.15, -0.1) is 11.3 Å². The molecule has 0 N–H and O–H groups in total. The number of rotatable bonds is 1. The van der Waals surface area contributed by atoms with Crippen LogP contribution < -0.4 is 9.47 Å². The van der Waals surface area contributed by atoms with Gasteiger partial charge in [-0.3, -0.25) is 4.79 Å². The van der Waals surface area contributed by atoms with Gasteiger partial charge in [0.15, 0.2) is 17.8 Å². The normalized spacial score (nSPS) is 15.3. The number of aldehydes is 1. The van der Waals surface area contributed by atoms with Crippen molar-refractivity contribution in [3.05, 3.63) is 10.3 Å². The number of fused-ring (bicyclic) bond motifs is 1. The fourth-order valence-corrected chi connectivity index (χ4v) is 1.82. The van der Waals surface area contributed by atoms with Crippen LogP contribution in [0.2, 0.25) is 0 Å². The van der Waals surface area contributed by atoms with Crippen molar-refractivity contribution in [2.75, 3.05) is 13.2 Å². The lowest BCUT2D eigenvalue weighted by Gasteiger charge is -2.00. The molecule has 1 aromatic heterocycles. The molecule has 0 amide bonds. The zero-order chi connectivity index (χ0) is 8.39. The highest BCUT2D eigenvalue weighted by Gasteiger charge is 2.16. The summed E-state index contributed by atoms with van der Waals surface area (Å²) in [5.74, 6) is 1.33. The van der Waals surface area contributed by atoms with Gasteiger partial charge in [-0.05, 0) is 0 Å². The van der Waals surface area contributed by atoms with Gasteiger partial charge >= 0.3 is 0 Å². The van der Waals surface area contributed by atoms with Crippen LogP contribution in [0.4, 0.5) is 0 Å². The third-order valence-electron chi connectivity index (χ3n) is 1.64. The van der Waals surface area contributed by atoms with E-state index in [4.69, 9.17) is 9.47 Å². The van der Waals surface area contributed by atoms with Gasteiger partial charge in [0.2, 0.25) is 0 Å². The summed E-state index contributed by atoms with van der Waals surface area (Å²) < 4.78 is 10.7. The number of hydrogen-bond donors (Lipinski definition) is 0. The van der Waals surface area contributed by atoms with Gasteiger partial charge < -0.3 is 9.47 Å². The van der Waals surface area contributed by atoms with Crippen LogP contribution in [-0.2, 0) is 0 Å². The fraction of sp³-hybridized carbons (Fsp3) is 0.375. The van der Waals surface area contributed by atoms with Crippen molar-refractivity contribution in [3.8, 4) is 11.5 Å². The smallest absolute Gasteiger partial charge is 0.182 e. The first-order valence-corrected chi connectivity index (χ1v) is 4.62. The van der Waals surface area contributed by atoms with Crippen LogP contribution in [0, 0.1) is 0 Å². The monoisotopic (exact) mass is 184 g/mol. The van der Waals surface area contributed by atoms with E-state index in [0.717, 1.165) is 12.7 Å². The molecule has 0 bridgehead atoms. The average Bonchev–Trinajstić information content (AvgIpc) is 2.33. The molecule has 12 heavy (non-hydrogen) atoms. The molecule has 0 fully saturated rings. The maximum Gasteiger partial charge on any atom is 0.182 e. The van der Waals surface area contributed by atoms with Crippen LogP contribution in [0.25, 0.3) is 0 Å². The molecule has 0 saturated heterocycles. The van der Waals surface area contributed by atoms with E-state index in [-0.39, 0.29) is 0 Å². The van der Waals surface area contributed by atoms with E-state index in [9.17, 15) is 4.79 Å². The van der Waals surface area contributed by atoms with Crippen molar-refractivity contribution >= 4 is 17.6 Å². The maximum atomic E-state index is 10.5. The van der Waals surface area contributed by atoms with Crippen molar-refractivity contribution in [1.29, 1.82) is 0 Å². The second-order valence-corrected chi connectivity index (χ2v) is 3.37. The summed E-state index contributed by atoms with van der Waals surface area (Å²) in [4.78, 5) is 11.1. The summed E-state index contributed by atoms with van der Waals surface area (Å²) in [7, 11) is 0. The second kappa shape index (κ2) is 3.15. The van der Waals surface area contributed by atoms with Gasteiger partial charge in [0, 0.05) is 11.8 Å². The van der Waals surface area contributed by atoms with Crippen molar-refractivity contribution in [2.24, 2.45) is 0 Å². The Labute approximate surface area is 73.9 Å². The number of ether oxygens (including phenoxy) is 2. The van der Waals surface area contributed by atoms with Gasteiger partial charge in [0.05, 0.1) is 13.2 Å². The van der Waals surface area contributed by atoms with Crippen LogP contribution in [0.3, 0.4) is 0 Å². The Morgan fingerprint density at radius 1 is 1.42 bits per heavy atom. The molecule has 4 heteroatoms. The van der Waals surface area contributed by atoms with Crippen molar-refractivity contribution in [2.45, 2.75) is 6.42 Å². The fourth-order valence-electron chi connectivity index (χ4n) is 1.08. The van der Waals surface area contributed by atoms with Crippen LogP contribution in [-0.4, -0.2) is 19.5 Å². The summed E-state index contributed by atoms with van der Waals surface area (Å²) >= 11 is 1.36. The Morgan fingerprint density at radius 3 is 3.08 bits per heavy atom. The number of thiophene rings is 1. The molecule has 2 heterocycles. The summed E-state index contributed by atoms with van der Waals surface area (Å²) in [5, 5.41) is 1.81. The van der Waals surface area contributed by atoms with Gasteiger partial charge in [0.25, 0.3) is 0 Å². The highest BCUT2D eigenvalue weighted by molar-refractivity contribution is 7.12. The lowest BCUT2D eigenvalue weighted by molar-refractivity contribution is 0.112. The molecule has 0 unspecified atom stereocenters. The minimum absolute atomic E-state index is 0.618. The molecule has 2 rings (SSSR count). The maximum absolute atomic E-state index is 10.5. The molecule has 1 aliphatic rings. The molecule has 0 aliphatic carbocycles. The largest absolute Gasteiger partial charge is 0.489 e. The third kappa shape index (κ3) is 1.18. The Kier molecular flexibility index (Phi) is 1.99. The van der Waals surface area contributed by atoms with Gasteiger partial charge in [0.1, 0.15) is 4.88 Å². The molecule has 0 aromatic carbocycles. The van der Waals surface area contributed by atoms with Crippen molar-refractivity contribution in [3.63, 3.8) is 0 Å². The molecular weight excluding hydrogens is 176 g/mol. The molecule has 0 radical (unpaired) electrons. The first-order valence-electron chi connectivity index (χ1n) is 3.74. The van der Waals surface area contributed by atoms with Gasteiger partial charge in [-0.25, -0.2) is 0 Å². The van der Waals surface area contributed by atoms with E-state index < -0.39 is 0 Å². The average molecular weight is 184 g/mol. The standard InChI is InChI=1S/C8H8O3S/c9-4-7-8-6(5-12-7)10-2-1-3-11-8/h4-5H,1-3H2. The number of hydrogen-bond acceptors (Lipinski definition) is 4. The van der Waals surface area contributed by atoms with Crippen LogP contribution >= 0.6 is 11.3 Å². The molecule has 64 valence electrons. The summed E-state index contributed by atoms with van der Waals surface area (Å²) in [6.45, 7) is 1.30. The summed E-state index contributed by atoms with van der Waals surface area (Å²) in [6, 6.07) is 0. The minimum atomic E-state index is 0.618. The quantitative estimate of drug-likeness (QED) is 0.623. The van der Waals surface area contributed by atoms with Gasteiger partial charge in [-0.1, -0.05) is 0 Å². The third-order valence-corrected chi connectivity index (χ3v) is 2.51. The van der Waals surface area contributed by atoms with Gasteiger partial charge in [-0.2, -0.15) is 0 Å². The summed E-state index contributed by atoms with van der Waals surface area (Å²) in [6.07, 6.45) is 1.68. The topological polar surface area (TPSA) is 35.5 Å². The molecule has 3 nitrogen and oxygen atoms in total. The van der Waals surface area contributed by atoms with E-state index in [1.54, 1.807) is 0 Å². The highest BCUT2D eigenvalue weighted by Crippen LogP contribution is 2.37. The molecular formula is C8H8O3S. The van der Waals surface area contributed by atoms with Crippen LogP contribution in [0.15, 0.2) is 5.38 Å². The first kappa shape index (κ1) is 7.61. The summed E-state index contributed by atoms with van der Waals surface area (Å²) in [5.41, 5.74) is 0. The lowest BCUT2D eigenvalue weighted by atomic mass is 10.4. The Morgan fingerprint density at radius 2 is 2.25 bits per heavy atom. The van der Waals surface area contributed by atoms with E-state index in [2.05, 4.69) is 0 Å². The highest BCUT2D eigenvalue weighted by atomic mass is 32.1. The molecule has 1 aliphatic heterocycles. The molecule has 1 aromatic rings. The first-order chi connectivity index (χ1) is 5.92. The molecule has 0 atom stereocenters. The van der Waals surface area contributed by atoms with E-state index in [1.807, 2.05) is 5.38 Å². The van der Waals surface area contributed by atoms with Crippen LogP contribution in [0.5, 0.6) is 11.5 Å². The molecule has 0 spiro atoms. The Bertz CT molecular complexity index is 292. The van der Waals surface area contributed by atoms with E-state index in [0.29, 0.717) is 29.6 Å². The van der Waals surface area contributed by atoms with Crippen molar-refractivity contribution < 1.29 is 14.3 Å². The minimum Gasteiger partial charge on any atom is -0.489 e. The number of carbonyl (C=O) groups is 1. The van der Waals surface area contributed by atoms with Crippen molar-refractivity contribution in [1.82, 2.24) is 0 Å². The lowest BCUT2D eigenvalue weighted by Crippen LogP contribution is -1.98. The Hall–Kier alpha value is -1.03. The predicted molar refractivity (Wildman–Crippen MR) is 45.3 cm³/mol. The Balaban J connectivity index is 2.38. The van der Waals surface area contributed by atoms with E-state index >= 15 is 0 Å². The second-order valence-electron chi connectivity index (χ2n) is 2.46.